The van der Waals surface area contributed by atoms with Crippen LogP contribution in [0, 0.1) is 0 Å². The molecule has 0 bridgehead atoms. The van der Waals surface area contributed by atoms with E-state index in [1.807, 2.05) is 24.7 Å². The Morgan fingerprint density at radius 3 is 2.81 bits per heavy atom. The summed E-state index contributed by atoms with van der Waals surface area (Å²) >= 11 is 0. The Morgan fingerprint density at radius 1 is 1.50 bits per heavy atom. The van der Waals surface area contributed by atoms with E-state index >= 15 is 0 Å². The molecule has 0 aromatic carbocycles. The molecule has 0 saturated heterocycles. The van der Waals surface area contributed by atoms with Gasteiger partial charge in [-0.2, -0.15) is 5.10 Å². The van der Waals surface area contributed by atoms with E-state index in [0.717, 1.165) is 24.9 Å². The standard InChI is InChI=1S/C12H20N2O2/c1-4-7-14-9-10(8-13-14)11(5-2)12(15)16-6-3/h8-9,11H,4-7H2,1-3H3. The van der Waals surface area contributed by atoms with Gasteiger partial charge in [0.1, 0.15) is 0 Å². The van der Waals surface area contributed by atoms with E-state index < -0.39 is 0 Å². The molecule has 1 aromatic rings. The fourth-order valence-corrected chi connectivity index (χ4v) is 1.69. The van der Waals surface area contributed by atoms with Crippen molar-refractivity contribution in [3.05, 3.63) is 18.0 Å². The monoisotopic (exact) mass is 224 g/mol. The minimum atomic E-state index is -0.175. The average Bonchev–Trinajstić information content (AvgIpc) is 2.68. The highest BCUT2D eigenvalue weighted by molar-refractivity contribution is 5.77. The van der Waals surface area contributed by atoms with Crippen molar-refractivity contribution < 1.29 is 9.53 Å². The van der Waals surface area contributed by atoms with Gasteiger partial charge in [-0.15, -0.1) is 0 Å². The zero-order chi connectivity index (χ0) is 12.0. The lowest BCUT2D eigenvalue weighted by molar-refractivity contribution is -0.145. The minimum Gasteiger partial charge on any atom is -0.466 e. The van der Waals surface area contributed by atoms with Gasteiger partial charge < -0.3 is 4.74 Å². The lowest BCUT2D eigenvalue weighted by Gasteiger charge is -2.11. The van der Waals surface area contributed by atoms with Crippen molar-refractivity contribution in [1.82, 2.24) is 9.78 Å². The molecule has 16 heavy (non-hydrogen) atoms. The van der Waals surface area contributed by atoms with Crippen LogP contribution in [0.2, 0.25) is 0 Å². The zero-order valence-corrected chi connectivity index (χ0v) is 10.3. The molecule has 1 unspecified atom stereocenters. The van der Waals surface area contributed by atoms with Crippen molar-refractivity contribution in [2.24, 2.45) is 0 Å². The van der Waals surface area contributed by atoms with Crippen LogP contribution in [0.3, 0.4) is 0 Å². The number of nitrogens with zero attached hydrogens (tertiary/aromatic N) is 2. The predicted octanol–water partition coefficient (Wildman–Crippen LogP) is 2.35. The highest BCUT2D eigenvalue weighted by atomic mass is 16.5. The second-order valence-corrected chi connectivity index (χ2v) is 3.75. The van der Waals surface area contributed by atoms with Crippen molar-refractivity contribution in [3.8, 4) is 0 Å². The summed E-state index contributed by atoms with van der Waals surface area (Å²) in [5.74, 6) is -0.327. The smallest absolute Gasteiger partial charge is 0.313 e. The van der Waals surface area contributed by atoms with Crippen molar-refractivity contribution >= 4 is 5.97 Å². The molecule has 0 spiro atoms. The number of carbonyl (C=O) groups is 1. The third-order valence-corrected chi connectivity index (χ3v) is 2.49. The molecule has 0 aliphatic heterocycles. The quantitative estimate of drug-likeness (QED) is 0.697. The Morgan fingerprint density at radius 2 is 2.25 bits per heavy atom. The first-order valence-electron chi connectivity index (χ1n) is 5.91. The SMILES string of the molecule is CCCn1cc(C(CC)C(=O)OCC)cn1. The van der Waals surface area contributed by atoms with Crippen LogP contribution in [-0.4, -0.2) is 22.4 Å². The molecule has 0 saturated carbocycles. The van der Waals surface area contributed by atoms with E-state index in [2.05, 4.69) is 12.0 Å². The Balaban J connectivity index is 2.74. The molecule has 0 aliphatic carbocycles. The molecule has 0 amide bonds. The number of esters is 1. The van der Waals surface area contributed by atoms with Gasteiger partial charge in [-0.1, -0.05) is 13.8 Å². The van der Waals surface area contributed by atoms with Gasteiger partial charge in [-0.3, -0.25) is 9.48 Å². The second kappa shape index (κ2) is 6.30. The summed E-state index contributed by atoms with van der Waals surface area (Å²) < 4.78 is 6.91. The first-order chi connectivity index (χ1) is 7.72. The fraction of sp³-hybridized carbons (Fsp3) is 0.667. The summed E-state index contributed by atoms with van der Waals surface area (Å²) in [6, 6.07) is 0. The Hall–Kier alpha value is -1.32. The number of rotatable bonds is 6. The Kier molecular flexibility index (Phi) is 5.02. The molecule has 1 aromatic heterocycles. The first kappa shape index (κ1) is 12.7. The van der Waals surface area contributed by atoms with Gasteiger partial charge in [0.25, 0.3) is 0 Å². The van der Waals surface area contributed by atoms with Crippen LogP contribution >= 0.6 is 0 Å². The molecule has 0 N–H and O–H groups in total. The highest BCUT2D eigenvalue weighted by Crippen LogP contribution is 2.20. The van der Waals surface area contributed by atoms with Gasteiger partial charge in [0, 0.05) is 18.3 Å². The van der Waals surface area contributed by atoms with E-state index in [1.165, 1.54) is 0 Å². The lowest BCUT2D eigenvalue weighted by atomic mass is 10.0. The van der Waals surface area contributed by atoms with Crippen LogP contribution in [0.5, 0.6) is 0 Å². The third kappa shape index (κ3) is 3.08. The van der Waals surface area contributed by atoms with E-state index in [-0.39, 0.29) is 11.9 Å². The number of ether oxygens (including phenoxy) is 1. The summed E-state index contributed by atoms with van der Waals surface area (Å²) in [7, 11) is 0. The maximum Gasteiger partial charge on any atom is 0.313 e. The van der Waals surface area contributed by atoms with Crippen LogP contribution in [0.1, 0.15) is 45.1 Å². The fourth-order valence-electron chi connectivity index (χ4n) is 1.69. The zero-order valence-electron chi connectivity index (χ0n) is 10.3. The van der Waals surface area contributed by atoms with Crippen LogP contribution in [-0.2, 0) is 16.1 Å². The second-order valence-electron chi connectivity index (χ2n) is 3.75. The topological polar surface area (TPSA) is 44.1 Å². The molecule has 4 heteroatoms. The number of hydrogen-bond acceptors (Lipinski definition) is 3. The van der Waals surface area contributed by atoms with Crippen LogP contribution < -0.4 is 0 Å². The van der Waals surface area contributed by atoms with Crippen molar-refractivity contribution in [3.63, 3.8) is 0 Å². The molecular formula is C12H20N2O2. The Labute approximate surface area is 96.6 Å². The van der Waals surface area contributed by atoms with Crippen LogP contribution in [0.4, 0.5) is 0 Å². The molecule has 1 heterocycles. The first-order valence-corrected chi connectivity index (χ1v) is 5.91. The van der Waals surface area contributed by atoms with Crippen LogP contribution in [0.25, 0.3) is 0 Å². The number of aryl methyl sites for hydroxylation is 1. The molecule has 1 atom stereocenters. The minimum absolute atomic E-state index is 0.152. The molecule has 0 fully saturated rings. The van der Waals surface area contributed by atoms with Gasteiger partial charge >= 0.3 is 5.97 Å². The maximum atomic E-state index is 11.7. The maximum absolute atomic E-state index is 11.7. The molecule has 0 radical (unpaired) electrons. The normalized spacial score (nSPS) is 12.4. The van der Waals surface area contributed by atoms with Gasteiger partial charge in [0.15, 0.2) is 0 Å². The highest BCUT2D eigenvalue weighted by Gasteiger charge is 2.21. The van der Waals surface area contributed by atoms with E-state index in [0.29, 0.717) is 6.61 Å². The average molecular weight is 224 g/mol. The summed E-state index contributed by atoms with van der Waals surface area (Å²) in [6.07, 6.45) is 5.49. The molecule has 0 aliphatic rings. The number of carbonyl (C=O) groups excluding carboxylic acids is 1. The lowest BCUT2D eigenvalue weighted by Crippen LogP contribution is -2.14. The molecular weight excluding hydrogens is 204 g/mol. The van der Waals surface area contributed by atoms with Gasteiger partial charge in [-0.05, 0) is 19.8 Å². The predicted molar refractivity (Wildman–Crippen MR) is 62.2 cm³/mol. The largest absolute Gasteiger partial charge is 0.466 e. The number of aromatic nitrogens is 2. The number of hydrogen-bond donors (Lipinski definition) is 0. The van der Waals surface area contributed by atoms with Crippen LogP contribution in [0.15, 0.2) is 12.4 Å². The summed E-state index contributed by atoms with van der Waals surface area (Å²) in [5, 5.41) is 4.23. The van der Waals surface area contributed by atoms with Gasteiger partial charge in [-0.25, -0.2) is 0 Å². The van der Waals surface area contributed by atoms with Crippen molar-refractivity contribution in [2.75, 3.05) is 6.61 Å². The van der Waals surface area contributed by atoms with Gasteiger partial charge in [0.2, 0.25) is 0 Å². The van der Waals surface area contributed by atoms with Gasteiger partial charge in [0.05, 0.1) is 18.7 Å². The van der Waals surface area contributed by atoms with Crippen molar-refractivity contribution in [2.45, 2.75) is 46.1 Å². The summed E-state index contributed by atoms with van der Waals surface area (Å²) in [4.78, 5) is 11.7. The Bertz CT molecular complexity index is 334. The molecule has 90 valence electrons. The molecule has 1 rings (SSSR count). The molecule has 4 nitrogen and oxygen atoms in total. The van der Waals surface area contributed by atoms with E-state index in [1.54, 1.807) is 6.20 Å². The van der Waals surface area contributed by atoms with Crippen molar-refractivity contribution in [1.29, 1.82) is 0 Å². The van der Waals surface area contributed by atoms with E-state index in [9.17, 15) is 4.79 Å². The summed E-state index contributed by atoms with van der Waals surface area (Å²) in [6.45, 7) is 7.23. The third-order valence-electron chi connectivity index (χ3n) is 2.49. The van der Waals surface area contributed by atoms with E-state index in [4.69, 9.17) is 4.74 Å². The summed E-state index contributed by atoms with van der Waals surface area (Å²) in [5.41, 5.74) is 0.953.